The van der Waals surface area contributed by atoms with Crippen LogP contribution in [0.5, 0.6) is 0 Å². The van der Waals surface area contributed by atoms with Gasteiger partial charge in [0.25, 0.3) is 0 Å². The van der Waals surface area contributed by atoms with Crippen LogP contribution in [0.15, 0.2) is 0 Å². The van der Waals surface area contributed by atoms with Gasteiger partial charge in [-0.15, -0.1) is 0 Å². The standard InChI is InChI=1S/C13H22N2O3/c1-2-11-13(17)14-9-12(16)15(11)7-3-5-10-6-4-8-18-10/h10-11H,2-9H2,1H3,(H,14,17). The van der Waals surface area contributed by atoms with Crippen LogP contribution in [0.4, 0.5) is 0 Å². The summed E-state index contributed by atoms with van der Waals surface area (Å²) in [7, 11) is 0. The molecular formula is C13H22N2O3. The molecule has 5 heteroatoms. The average Bonchev–Trinajstić information content (AvgIpc) is 2.87. The van der Waals surface area contributed by atoms with E-state index in [0.717, 1.165) is 32.3 Å². The zero-order chi connectivity index (χ0) is 13.0. The zero-order valence-electron chi connectivity index (χ0n) is 11.0. The number of nitrogens with one attached hydrogen (secondary N) is 1. The lowest BCUT2D eigenvalue weighted by molar-refractivity contribution is -0.145. The van der Waals surface area contributed by atoms with Gasteiger partial charge in [0, 0.05) is 13.2 Å². The Morgan fingerprint density at radius 1 is 1.44 bits per heavy atom. The molecule has 0 aliphatic carbocycles. The molecule has 0 radical (unpaired) electrons. The van der Waals surface area contributed by atoms with Gasteiger partial charge in [0.2, 0.25) is 11.8 Å². The molecule has 2 rings (SSSR count). The van der Waals surface area contributed by atoms with E-state index in [1.807, 2.05) is 6.92 Å². The van der Waals surface area contributed by atoms with Crippen molar-refractivity contribution in [2.45, 2.75) is 51.2 Å². The molecule has 0 bridgehead atoms. The van der Waals surface area contributed by atoms with Crippen LogP contribution in [0.2, 0.25) is 0 Å². The van der Waals surface area contributed by atoms with Gasteiger partial charge in [0.15, 0.2) is 0 Å². The number of carbonyl (C=O) groups is 2. The fourth-order valence-electron chi connectivity index (χ4n) is 2.75. The van der Waals surface area contributed by atoms with Crippen molar-refractivity contribution in [2.75, 3.05) is 19.7 Å². The molecule has 2 amide bonds. The minimum Gasteiger partial charge on any atom is -0.378 e. The maximum Gasteiger partial charge on any atom is 0.243 e. The molecule has 18 heavy (non-hydrogen) atoms. The first-order chi connectivity index (χ1) is 8.72. The molecule has 2 aliphatic rings. The van der Waals surface area contributed by atoms with E-state index in [-0.39, 0.29) is 24.4 Å². The largest absolute Gasteiger partial charge is 0.378 e. The van der Waals surface area contributed by atoms with Crippen molar-refractivity contribution in [1.82, 2.24) is 10.2 Å². The fourth-order valence-corrected chi connectivity index (χ4v) is 2.75. The van der Waals surface area contributed by atoms with Crippen LogP contribution in [0.25, 0.3) is 0 Å². The van der Waals surface area contributed by atoms with E-state index in [9.17, 15) is 9.59 Å². The summed E-state index contributed by atoms with van der Waals surface area (Å²) in [5, 5.41) is 2.64. The third kappa shape index (κ3) is 3.02. The van der Waals surface area contributed by atoms with Gasteiger partial charge in [-0.3, -0.25) is 9.59 Å². The van der Waals surface area contributed by atoms with Gasteiger partial charge in [0.1, 0.15) is 6.04 Å². The highest BCUT2D eigenvalue weighted by atomic mass is 16.5. The van der Waals surface area contributed by atoms with Crippen molar-refractivity contribution in [3.8, 4) is 0 Å². The first-order valence-electron chi connectivity index (χ1n) is 6.91. The lowest BCUT2D eigenvalue weighted by Gasteiger charge is -2.34. The molecule has 2 atom stereocenters. The van der Waals surface area contributed by atoms with E-state index in [4.69, 9.17) is 4.74 Å². The van der Waals surface area contributed by atoms with Crippen molar-refractivity contribution >= 4 is 11.8 Å². The summed E-state index contributed by atoms with van der Waals surface area (Å²) in [6, 6.07) is -0.282. The molecule has 2 aliphatic heterocycles. The predicted octanol–water partition coefficient (Wildman–Crippen LogP) is 0.683. The van der Waals surface area contributed by atoms with Crippen LogP contribution in [-0.2, 0) is 14.3 Å². The van der Waals surface area contributed by atoms with Gasteiger partial charge in [-0.1, -0.05) is 6.92 Å². The summed E-state index contributed by atoms with van der Waals surface area (Å²) >= 11 is 0. The maximum atomic E-state index is 11.8. The van der Waals surface area contributed by atoms with Crippen molar-refractivity contribution in [3.05, 3.63) is 0 Å². The van der Waals surface area contributed by atoms with Crippen LogP contribution >= 0.6 is 0 Å². The third-order valence-electron chi connectivity index (χ3n) is 3.75. The van der Waals surface area contributed by atoms with Gasteiger partial charge in [-0.2, -0.15) is 0 Å². The highest BCUT2D eigenvalue weighted by Crippen LogP contribution is 2.18. The second-order valence-electron chi connectivity index (χ2n) is 5.01. The molecule has 5 nitrogen and oxygen atoms in total. The Kier molecular flexibility index (Phi) is 4.58. The lowest BCUT2D eigenvalue weighted by atomic mass is 10.1. The fraction of sp³-hybridized carbons (Fsp3) is 0.846. The first kappa shape index (κ1) is 13.3. The second-order valence-corrected chi connectivity index (χ2v) is 5.01. The van der Waals surface area contributed by atoms with Crippen LogP contribution in [-0.4, -0.2) is 48.6 Å². The summed E-state index contributed by atoms with van der Waals surface area (Å²) in [6.07, 6.45) is 5.22. The molecule has 2 fully saturated rings. The molecule has 2 heterocycles. The van der Waals surface area contributed by atoms with Crippen LogP contribution < -0.4 is 5.32 Å². The van der Waals surface area contributed by atoms with Crippen LogP contribution in [0.1, 0.15) is 39.0 Å². The summed E-state index contributed by atoms with van der Waals surface area (Å²) < 4.78 is 5.56. The molecular weight excluding hydrogens is 232 g/mol. The van der Waals surface area contributed by atoms with E-state index in [1.165, 1.54) is 0 Å². The first-order valence-corrected chi connectivity index (χ1v) is 6.91. The number of nitrogens with zero attached hydrogens (tertiary/aromatic N) is 1. The number of carbonyl (C=O) groups excluding carboxylic acids is 2. The van der Waals surface area contributed by atoms with E-state index >= 15 is 0 Å². The Balaban J connectivity index is 1.81. The normalized spacial score (nSPS) is 28.6. The summed E-state index contributed by atoms with van der Waals surface area (Å²) in [5.41, 5.74) is 0. The van der Waals surface area contributed by atoms with E-state index < -0.39 is 0 Å². The number of amides is 2. The Morgan fingerprint density at radius 2 is 2.28 bits per heavy atom. The molecule has 102 valence electrons. The highest BCUT2D eigenvalue weighted by molar-refractivity contribution is 5.94. The van der Waals surface area contributed by atoms with E-state index in [0.29, 0.717) is 19.1 Å². The van der Waals surface area contributed by atoms with Crippen molar-refractivity contribution in [3.63, 3.8) is 0 Å². The number of hydrogen-bond acceptors (Lipinski definition) is 3. The van der Waals surface area contributed by atoms with Gasteiger partial charge in [-0.25, -0.2) is 0 Å². The topological polar surface area (TPSA) is 58.6 Å². The van der Waals surface area contributed by atoms with E-state index in [2.05, 4.69) is 5.32 Å². The average molecular weight is 254 g/mol. The van der Waals surface area contributed by atoms with Gasteiger partial charge in [0.05, 0.1) is 12.6 Å². The van der Waals surface area contributed by atoms with E-state index in [1.54, 1.807) is 4.90 Å². The molecule has 2 saturated heterocycles. The number of piperazine rings is 1. The van der Waals surface area contributed by atoms with Gasteiger partial charge < -0.3 is 15.0 Å². The Bertz CT molecular complexity index is 313. The lowest BCUT2D eigenvalue weighted by Crippen LogP contribution is -2.58. The van der Waals surface area contributed by atoms with Gasteiger partial charge in [-0.05, 0) is 32.1 Å². The molecule has 0 aromatic rings. The molecule has 2 unspecified atom stereocenters. The summed E-state index contributed by atoms with van der Waals surface area (Å²) in [6.45, 7) is 3.63. The Morgan fingerprint density at radius 3 is 2.94 bits per heavy atom. The summed E-state index contributed by atoms with van der Waals surface area (Å²) in [5.74, 6) is 0.0167. The monoisotopic (exact) mass is 254 g/mol. The number of ether oxygens (including phenoxy) is 1. The SMILES string of the molecule is CCC1C(=O)NCC(=O)N1CCCC1CCCO1. The maximum absolute atomic E-state index is 11.8. The quantitative estimate of drug-likeness (QED) is 0.785. The molecule has 0 aromatic heterocycles. The van der Waals surface area contributed by atoms with Gasteiger partial charge >= 0.3 is 0 Å². The van der Waals surface area contributed by atoms with Crippen molar-refractivity contribution in [1.29, 1.82) is 0 Å². The number of rotatable bonds is 5. The Labute approximate surface area is 108 Å². The third-order valence-corrected chi connectivity index (χ3v) is 3.75. The van der Waals surface area contributed by atoms with Crippen molar-refractivity contribution < 1.29 is 14.3 Å². The smallest absolute Gasteiger partial charge is 0.243 e. The molecule has 0 aromatic carbocycles. The molecule has 0 saturated carbocycles. The Hall–Kier alpha value is -1.10. The molecule has 1 N–H and O–H groups in total. The minimum atomic E-state index is -0.282. The minimum absolute atomic E-state index is 0.0192. The summed E-state index contributed by atoms with van der Waals surface area (Å²) in [4.78, 5) is 25.2. The predicted molar refractivity (Wildman–Crippen MR) is 67.0 cm³/mol. The number of hydrogen-bond donors (Lipinski definition) is 1. The second kappa shape index (κ2) is 6.18. The van der Waals surface area contributed by atoms with Crippen LogP contribution in [0, 0.1) is 0 Å². The van der Waals surface area contributed by atoms with Crippen molar-refractivity contribution in [2.24, 2.45) is 0 Å². The van der Waals surface area contributed by atoms with Crippen LogP contribution in [0.3, 0.4) is 0 Å². The molecule has 0 spiro atoms. The highest BCUT2D eigenvalue weighted by Gasteiger charge is 2.32. The zero-order valence-corrected chi connectivity index (χ0v) is 11.0.